The maximum absolute atomic E-state index is 13.3. The van der Waals surface area contributed by atoms with Gasteiger partial charge in [0.25, 0.3) is 5.91 Å². The topological polar surface area (TPSA) is 73.1 Å². The minimum Gasteiger partial charge on any atom is -0.381 e. The van der Waals surface area contributed by atoms with Gasteiger partial charge in [-0.3, -0.25) is 9.78 Å². The normalized spacial score (nSPS) is 20.3. The third-order valence-corrected chi connectivity index (χ3v) is 5.80. The van der Waals surface area contributed by atoms with Gasteiger partial charge in [0.1, 0.15) is 5.82 Å². The van der Waals surface area contributed by atoms with E-state index >= 15 is 0 Å². The minimum atomic E-state index is 0.0207. The van der Waals surface area contributed by atoms with E-state index in [1.807, 2.05) is 35.2 Å². The van der Waals surface area contributed by atoms with Gasteiger partial charge in [-0.2, -0.15) is 0 Å². The summed E-state index contributed by atoms with van der Waals surface area (Å²) in [4.78, 5) is 19.5. The van der Waals surface area contributed by atoms with Crippen LogP contribution in [0, 0.1) is 0 Å². The van der Waals surface area contributed by atoms with Gasteiger partial charge in [-0.05, 0) is 31.9 Å². The fourth-order valence-corrected chi connectivity index (χ4v) is 4.40. The number of para-hydroxylation sites is 1. The van der Waals surface area contributed by atoms with Crippen molar-refractivity contribution in [3.8, 4) is 0 Å². The molecule has 7 heteroatoms. The highest BCUT2D eigenvalue weighted by atomic mass is 16.5. The van der Waals surface area contributed by atoms with Gasteiger partial charge in [0.05, 0.1) is 23.7 Å². The maximum atomic E-state index is 13.3. The Balaban J connectivity index is 1.45. The summed E-state index contributed by atoms with van der Waals surface area (Å²) in [5.74, 6) is 2.33. The van der Waals surface area contributed by atoms with E-state index in [4.69, 9.17) is 4.74 Å². The van der Waals surface area contributed by atoms with Crippen LogP contribution in [0.15, 0.2) is 36.5 Å². The standard InChI is InChI=1S/C21H23N5O2/c1-14-12-25(21(27)17-6-9-22-18-5-3-2-4-16(17)18)13-19-23-24-20(26(14)19)15-7-10-28-11-8-15/h2-6,9,14-15H,7-8,10-13H2,1H3/t14-/m0/s1. The van der Waals surface area contributed by atoms with Crippen LogP contribution in [0.1, 0.15) is 53.7 Å². The number of hydrogen-bond donors (Lipinski definition) is 0. The van der Waals surface area contributed by atoms with E-state index in [1.165, 1.54) is 0 Å². The van der Waals surface area contributed by atoms with Gasteiger partial charge in [-0.1, -0.05) is 18.2 Å². The quantitative estimate of drug-likeness (QED) is 0.687. The van der Waals surface area contributed by atoms with Gasteiger partial charge < -0.3 is 14.2 Å². The third kappa shape index (κ3) is 2.86. The molecule has 2 aliphatic rings. The Kier molecular flexibility index (Phi) is 4.31. The first-order valence-corrected chi connectivity index (χ1v) is 9.87. The SMILES string of the molecule is C[C@H]1CN(C(=O)c2ccnc3ccccc23)Cc2nnc(C3CCOCC3)n21. The Morgan fingerprint density at radius 3 is 2.82 bits per heavy atom. The molecular formula is C21H23N5O2. The first-order valence-electron chi connectivity index (χ1n) is 9.87. The average Bonchev–Trinajstić information content (AvgIpc) is 3.18. The van der Waals surface area contributed by atoms with Crippen LogP contribution < -0.4 is 0 Å². The van der Waals surface area contributed by atoms with Crippen molar-refractivity contribution in [3.05, 3.63) is 53.7 Å². The molecule has 0 N–H and O–H groups in total. The molecule has 4 heterocycles. The average molecular weight is 377 g/mol. The molecule has 28 heavy (non-hydrogen) atoms. The van der Waals surface area contributed by atoms with Crippen LogP contribution in [0.2, 0.25) is 0 Å². The molecule has 1 aromatic carbocycles. The summed E-state index contributed by atoms with van der Waals surface area (Å²) in [6, 6.07) is 9.72. The molecule has 1 amide bonds. The third-order valence-electron chi connectivity index (χ3n) is 5.80. The number of nitrogens with zero attached hydrogens (tertiary/aromatic N) is 5. The summed E-state index contributed by atoms with van der Waals surface area (Å²) in [7, 11) is 0. The van der Waals surface area contributed by atoms with Crippen LogP contribution in [-0.4, -0.2) is 50.3 Å². The lowest BCUT2D eigenvalue weighted by Gasteiger charge is -2.34. The summed E-state index contributed by atoms with van der Waals surface area (Å²) >= 11 is 0. The first kappa shape index (κ1) is 17.3. The lowest BCUT2D eigenvalue weighted by atomic mass is 9.98. The predicted octanol–water partition coefficient (Wildman–Crippen LogP) is 2.94. The van der Waals surface area contributed by atoms with Crippen molar-refractivity contribution in [1.82, 2.24) is 24.6 Å². The highest BCUT2D eigenvalue weighted by Crippen LogP contribution is 2.31. The van der Waals surface area contributed by atoms with E-state index in [2.05, 4.69) is 26.7 Å². The number of fused-ring (bicyclic) bond motifs is 2. The summed E-state index contributed by atoms with van der Waals surface area (Å²) in [5.41, 5.74) is 1.53. The Labute approximate surface area is 163 Å². The summed E-state index contributed by atoms with van der Waals surface area (Å²) in [6.07, 6.45) is 3.67. The van der Waals surface area contributed by atoms with Crippen LogP contribution in [0.5, 0.6) is 0 Å². The van der Waals surface area contributed by atoms with E-state index < -0.39 is 0 Å². The van der Waals surface area contributed by atoms with Crippen molar-refractivity contribution in [3.63, 3.8) is 0 Å². The van der Waals surface area contributed by atoms with E-state index in [0.717, 1.165) is 48.6 Å². The number of carbonyl (C=O) groups is 1. The van der Waals surface area contributed by atoms with Crippen molar-refractivity contribution in [2.75, 3.05) is 19.8 Å². The van der Waals surface area contributed by atoms with E-state index in [1.54, 1.807) is 6.20 Å². The monoisotopic (exact) mass is 377 g/mol. The molecule has 0 unspecified atom stereocenters. The Bertz CT molecular complexity index is 1020. The van der Waals surface area contributed by atoms with Gasteiger partial charge in [-0.15, -0.1) is 10.2 Å². The second-order valence-electron chi connectivity index (χ2n) is 7.64. The zero-order chi connectivity index (χ0) is 19.1. The molecule has 0 radical (unpaired) electrons. The second kappa shape index (κ2) is 6.98. The summed E-state index contributed by atoms with van der Waals surface area (Å²) < 4.78 is 7.73. The molecule has 144 valence electrons. The smallest absolute Gasteiger partial charge is 0.255 e. The largest absolute Gasteiger partial charge is 0.381 e. The van der Waals surface area contributed by atoms with E-state index in [9.17, 15) is 4.79 Å². The van der Waals surface area contributed by atoms with Crippen LogP contribution >= 0.6 is 0 Å². The molecule has 7 nitrogen and oxygen atoms in total. The van der Waals surface area contributed by atoms with Gasteiger partial charge in [-0.25, -0.2) is 0 Å². The van der Waals surface area contributed by atoms with Crippen molar-refractivity contribution in [2.45, 2.75) is 38.3 Å². The zero-order valence-corrected chi connectivity index (χ0v) is 15.9. The van der Waals surface area contributed by atoms with Crippen LogP contribution in [0.4, 0.5) is 0 Å². The van der Waals surface area contributed by atoms with Crippen molar-refractivity contribution in [2.24, 2.45) is 0 Å². The molecule has 1 atom stereocenters. The van der Waals surface area contributed by atoms with E-state index in [-0.39, 0.29) is 11.9 Å². The predicted molar refractivity (Wildman–Crippen MR) is 104 cm³/mol. The van der Waals surface area contributed by atoms with E-state index in [0.29, 0.717) is 24.6 Å². The van der Waals surface area contributed by atoms with Crippen molar-refractivity contribution >= 4 is 16.8 Å². The lowest BCUT2D eigenvalue weighted by molar-refractivity contribution is 0.0670. The number of hydrogen-bond acceptors (Lipinski definition) is 5. The summed E-state index contributed by atoms with van der Waals surface area (Å²) in [5, 5.41) is 9.82. The number of aromatic nitrogens is 4. The molecule has 0 aliphatic carbocycles. The second-order valence-corrected chi connectivity index (χ2v) is 7.64. The number of ether oxygens (including phenoxy) is 1. The van der Waals surface area contributed by atoms with Crippen LogP contribution in [0.25, 0.3) is 10.9 Å². The lowest BCUT2D eigenvalue weighted by Crippen LogP contribution is -2.41. The molecule has 3 aromatic rings. The molecule has 2 aromatic heterocycles. The summed E-state index contributed by atoms with van der Waals surface area (Å²) in [6.45, 7) is 4.83. The first-order chi connectivity index (χ1) is 13.7. The molecule has 0 saturated carbocycles. The van der Waals surface area contributed by atoms with Gasteiger partial charge >= 0.3 is 0 Å². The van der Waals surface area contributed by atoms with Gasteiger partial charge in [0.15, 0.2) is 5.82 Å². The Morgan fingerprint density at radius 1 is 1.14 bits per heavy atom. The highest BCUT2D eigenvalue weighted by molar-refractivity contribution is 6.05. The maximum Gasteiger partial charge on any atom is 0.255 e. The highest BCUT2D eigenvalue weighted by Gasteiger charge is 2.32. The number of rotatable bonds is 2. The molecule has 1 fully saturated rings. The molecular weight excluding hydrogens is 354 g/mol. The Hall–Kier alpha value is -2.80. The number of benzene rings is 1. The molecule has 2 aliphatic heterocycles. The molecule has 1 saturated heterocycles. The van der Waals surface area contributed by atoms with Crippen molar-refractivity contribution < 1.29 is 9.53 Å². The molecule has 0 spiro atoms. The molecule has 5 rings (SSSR count). The fraction of sp³-hybridized carbons (Fsp3) is 0.429. The number of pyridine rings is 1. The zero-order valence-electron chi connectivity index (χ0n) is 15.9. The Morgan fingerprint density at radius 2 is 1.96 bits per heavy atom. The fourth-order valence-electron chi connectivity index (χ4n) is 4.40. The van der Waals surface area contributed by atoms with Gasteiger partial charge in [0.2, 0.25) is 0 Å². The van der Waals surface area contributed by atoms with Crippen molar-refractivity contribution in [1.29, 1.82) is 0 Å². The van der Waals surface area contributed by atoms with Crippen LogP contribution in [0.3, 0.4) is 0 Å². The van der Waals surface area contributed by atoms with Gasteiger partial charge in [0, 0.05) is 37.3 Å². The molecule has 0 bridgehead atoms. The minimum absolute atomic E-state index is 0.0207. The number of carbonyl (C=O) groups excluding carboxylic acids is 1. The van der Waals surface area contributed by atoms with Crippen LogP contribution in [-0.2, 0) is 11.3 Å². The number of amides is 1.